The van der Waals surface area contributed by atoms with Gasteiger partial charge in [0, 0.05) is 36.4 Å². The lowest BCUT2D eigenvalue weighted by molar-refractivity contribution is 0.0913. The van der Waals surface area contributed by atoms with Crippen molar-refractivity contribution < 1.29 is 22.8 Å². The van der Waals surface area contributed by atoms with Gasteiger partial charge in [-0.15, -0.1) is 0 Å². The molecule has 27 heavy (non-hydrogen) atoms. The number of ether oxygens (including phenoxy) is 1. The Hall–Kier alpha value is -3.29. The second-order valence-corrected chi connectivity index (χ2v) is 6.22. The van der Waals surface area contributed by atoms with Crippen LogP contribution < -0.4 is 10.1 Å². The van der Waals surface area contributed by atoms with E-state index < -0.39 is 17.5 Å². The van der Waals surface area contributed by atoms with E-state index in [4.69, 9.17) is 9.26 Å². The van der Waals surface area contributed by atoms with Gasteiger partial charge >= 0.3 is 0 Å². The number of carbonyl (C=O) groups excluding carboxylic acids is 1. The summed E-state index contributed by atoms with van der Waals surface area (Å²) in [6, 6.07) is 7.97. The molecular weight excluding hydrogens is 356 g/mol. The Morgan fingerprint density at radius 1 is 1.26 bits per heavy atom. The predicted octanol–water partition coefficient (Wildman–Crippen LogP) is 3.95. The second-order valence-electron chi connectivity index (χ2n) is 6.22. The molecule has 1 saturated carbocycles. The van der Waals surface area contributed by atoms with E-state index in [1.54, 1.807) is 18.2 Å². The minimum absolute atomic E-state index is 0.0876. The number of hydrogen-bond donors (Lipinski definition) is 1. The molecule has 1 aromatic carbocycles. The number of carbonyl (C=O) groups is 1. The lowest BCUT2D eigenvalue weighted by Gasteiger charge is -2.10. The number of nitrogens with one attached hydrogen (secondary N) is 1. The summed E-state index contributed by atoms with van der Waals surface area (Å²) < 4.78 is 37.3. The largest absolute Gasteiger partial charge is 0.436 e. The number of rotatable bonds is 6. The van der Waals surface area contributed by atoms with Crippen LogP contribution in [0.5, 0.6) is 11.6 Å². The standard InChI is InChI=1S/C19H15F2N3O3/c20-13-5-6-16(14(21)8-13)26-19-12(2-1-7-22-19)10-23-18(25)17-9-15(24-27-17)11-3-4-11/h1-2,5-9,11H,3-4,10H2,(H,23,25). The van der Waals surface area contributed by atoms with Crippen molar-refractivity contribution in [2.75, 3.05) is 0 Å². The van der Waals surface area contributed by atoms with Crippen LogP contribution in [0.25, 0.3) is 0 Å². The highest BCUT2D eigenvalue weighted by Crippen LogP contribution is 2.39. The SMILES string of the molecule is O=C(NCc1cccnc1Oc1ccc(F)cc1F)c1cc(C2CC2)no1. The van der Waals surface area contributed by atoms with Crippen molar-refractivity contribution in [3.05, 3.63) is 71.2 Å². The van der Waals surface area contributed by atoms with Crippen LogP contribution in [0.15, 0.2) is 47.1 Å². The van der Waals surface area contributed by atoms with Gasteiger partial charge in [0.25, 0.3) is 5.91 Å². The maximum Gasteiger partial charge on any atom is 0.290 e. The molecule has 138 valence electrons. The van der Waals surface area contributed by atoms with Crippen molar-refractivity contribution in [2.45, 2.75) is 25.3 Å². The maximum absolute atomic E-state index is 13.8. The Bertz CT molecular complexity index is 986. The lowest BCUT2D eigenvalue weighted by atomic mass is 10.2. The van der Waals surface area contributed by atoms with Crippen LogP contribution in [0.2, 0.25) is 0 Å². The molecule has 8 heteroatoms. The van der Waals surface area contributed by atoms with E-state index in [0.717, 1.165) is 30.7 Å². The molecule has 3 aromatic rings. The quantitative estimate of drug-likeness (QED) is 0.710. The van der Waals surface area contributed by atoms with Crippen LogP contribution in [-0.4, -0.2) is 16.0 Å². The molecule has 0 unspecified atom stereocenters. The Kier molecular flexibility index (Phi) is 4.53. The number of hydrogen-bond acceptors (Lipinski definition) is 5. The molecule has 1 aliphatic rings. The van der Waals surface area contributed by atoms with Crippen molar-refractivity contribution in [3.63, 3.8) is 0 Å². The third-order valence-corrected chi connectivity index (χ3v) is 4.14. The lowest BCUT2D eigenvalue weighted by Crippen LogP contribution is -2.22. The first-order valence-electron chi connectivity index (χ1n) is 8.42. The zero-order chi connectivity index (χ0) is 18.8. The summed E-state index contributed by atoms with van der Waals surface area (Å²) in [5.41, 5.74) is 1.31. The van der Waals surface area contributed by atoms with Gasteiger partial charge in [-0.05, 0) is 31.0 Å². The van der Waals surface area contributed by atoms with Gasteiger partial charge in [-0.1, -0.05) is 11.2 Å². The van der Waals surface area contributed by atoms with E-state index in [1.807, 2.05) is 0 Å². The summed E-state index contributed by atoms with van der Waals surface area (Å²) in [5, 5.41) is 6.59. The Labute approximate surface area is 153 Å². The Morgan fingerprint density at radius 2 is 2.11 bits per heavy atom. The summed E-state index contributed by atoms with van der Waals surface area (Å²) >= 11 is 0. The molecule has 0 bridgehead atoms. The van der Waals surface area contributed by atoms with Crippen molar-refractivity contribution in [2.24, 2.45) is 0 Å². The minimum atomic E-state index is -0.843. The summed E-state index contributed by atoms with van der Waals surface area (Å²) in [4.78, 5) is 16.3. The second kappa shape index (κ2) is 7.14. The molecule has 0 spiro atoms. The monoisotopic (exact) mass is 371 g/mol. The van der Waals surface area contributed by atoms with Gasteiger partial charge in [0.1, 0.15) is 5.82 Å². The molecule has 1 aliphatic carbocycles. The van der Waals surface area contributed by atoms with Crippen LogP contribution in [-0.2, 0) is 6.54 Å². The molecule has 0 radical (unpaired) electrons. The Balaban J connectivity index is 1.45. The van der Waals surface area contributed by atoms with Gasteiger partial charge < -0.3 is 14.6 Å². The normalized spacial score (nSPS) is 13.4. The number of aromatic nitrogens is 2. The molecule has 4 rings (SSSR count). The average molecular weight is 371 g/mol. The number of nitrogens with zero attached hydrogens (tertiary/aromatic N) is 2. The van der Waals surface area contributed by atoms with E-state index in [-0.39, 0.29) is 23.9 Å². The molecular formula is C19H15F2N3O3. The molecule has 0 aliphatic heterocycles. The highest BCUT2D eigenvalue weighted by molar-refractivity contribution is 5.91. The van der Waals surface area contributed by atoms with E-state index >= 15 is 0 Å². The Morgan fingerprint density at radius 3 is 2.89 bits per heavy atom. The maximum atomic E-state index is 13.8. The highest BCUT2D eigenvalue weighted by atomic mass is 19.1. The summed E-state index contributed by atoms with van der Waals surface area (Å²) in [5.74, 6) is -1.49. The van der Waals surface area contributed by atoms with Crippen LogP contribution in [0.3, 0.4) is 0 Å². The fraction of sp³-hybridized carbons (Fsp3) is 0.211. The predicted molar refractivity (Wildman–Crippen MR) is 90.3 cm³/mol. The van der Waals surface area contributed by atoms with Gasteiger partial charge in [0.05, 0.1) is 5.69 Å². The minimum Gasteiger partial charge on any atom is -0.436 e. The topological polar surface area (TPSA) is 77.2 Å². The van der Waals surface area contributed by atoms with Gasteiger partial charge in [0.15, 0.2) is 11.6 Å². The molecule has 1 N–H and O–H groups in total. The van der Waals surface area contributed by atoms with E-state index in [2.05, 4.69) is 15.5 Å². The first-order chi connectivity index (χ1) is 13.1. The highest BCUT2D eigenvalue weighted by Gasteiger charge is 2.28. The third-order valence-electron chi connectivity index (χ3n) is 4.14. The molecule has 6 nitrogen and oxygen atoms in total. The van der Waals surface area contributed by atoms with Gasteiger partial charge in [-0.3, -0.25) is 4.79 Å². The fourth-order valence-corrected chi connectivity index (χ4v) is 2.54. The number of amides is 1. The number of benzene rings is 1. The van der Waals surface area contributed by atoms with Crippen LogP contribution in [0.4, 0.5) is 8.78 Å². The zero-order valence-corrected chi connectivity index (χ0v) is 14.1. The van der Waals surface area contributed by atoms with Crippen molar-refractivity contribution in [1.29, 1.82) is 0 Å². The molecule has 1 amide bonds. The smallest absolute Gasteiger partial charge is 0.290 e. The van der Waals surface area contributed by atoms with Gasteiger partial charge in [-0.25, -0.2) is 13.8 Å². The van der Waals surface area contributed by atoms with Crippen molar-refractivity contribution >= 4 is 5.91 Å². The van der Waals surface area contributed by atoms with E-state index in [1.165, 1.54) is 12.3 Å². The number of halogens is 2. The van der Waals surface area contributed by atoms with Crippen molar-refractivity contribution in [1.82, 2.24) is 15.5 Å². The molecule has 0 saturated heterocycles. The van der Waals surface area contributed by atoms with E-state index in [0.29, 0.717) is 11.5 Å². The number of pyridine rings is 1. The van der Waals surface area contributed by atoms with Gasteiger partial charge in [0.2, 0.25) is 11.6 Å². The zero-order valence-electron chi connectivity index (χ0n) is 14.1. The summed E-state index contributed by atoms with van der Waals surface area (Å²) in [6.45, 7) is 0.0876. The first-order valence-corrected chi connectivity index (χ1v) is 8.42. The third kappa shape index (κ3) is 3.94. The van der Waals surface area contributed by atoms with Crippen molar-refractivity contribution in [3.8, 4) is 11.6 Å². The molecule has 2 aromatic heterocycles. The average Bonchev–Trinajstić information content (AvgIpc) is 3.39. The molecule has 0 atom stereocenters. The van der Waals surface area contributed by atoms with E-state index in [9.17, 15) is 13.6 Å². The first kappa shape index (κ1) is 17.1. The molecule has 1 fully saturated rings. The fourth-order valence-electron chi connectivity index (χ4n) is 2.54. The van der Waals surface area contributed by atoms with Crippen LogP contribution in [0.1, 0.15) is 40.6 Å². The van der Waals surface area contributed by atoms with Crippen LogP contribution >= 0.6 is 0 Å². The summed E-state index contributed by atoms with van der Waals surface area (Å²) in [6.07, 6.45) is 3.59. The summed E-state index contributed by atoms with van der Waals surface area (Å²) in [7, 11) is 0. The van der Waals surface area contributed by atoms with Gasteiger partial charge in [-0.2, -0.15) is 0 Å². The molecule has 2 heterocycles. The van der Waals surface area contributed by atoms with Crippen LogP contribution in [0, 0.1) is 11.6 Å².